The predicted molar refractivity (Wildman–Crippen MR) is 43.0 cm³/mol. The quantitative estimate of drug-likeness (QED) is 0.423. The van der Waals surface area contributed by atoms with E-state index < -0.39 is 0 Å². The van der Waals surface area contributed by atoms with Crippen LogP contribution in [0.2, 0.25) is 6.32 Å². The predicted octanol–water partition coefficient (Wildman–Crippen LogP) is 1.15. The van der Waals surface area contributed by atoms with Gasteiger partial charge in [-0.15, -0.1) is 0 Å². The summed E-state index contributed by atoms with van der Waals surface area (Å²) in [5.41, 5.74) is 1.14. The average Bonchev–Trinajstić information content (AvgIpc) is 2.09. The molecular weight excluding hydrogens is 123 g/mol. The van der Waals surface area contributed by atoms with Gasteiger partial charge in [-0.05, 0) is 18.3 Å². The summed E-state index contributed by atoms with van der Waals surface area (Å²) in [7, 11) is 5.48. The van der Waals surface area contributed by atoms with Gasteiger partial charge in [0.15, 0.2) is 0 Å². The van der Waals surface area contributed by atoms with Crippen LogP contribution in [0.5, 0.6) is 0 Å². The zero-order valence-corrected chi connectivity index (χ0v) is 6.38. The largest absolute Gasteiger partial charge is 0.393 e. The van der Waals surface area contributed by atoms with E-state index in [0.29, 0.717) is 12.2 Å². The lowest BCUT2D eigenvalue weighted by atomic mass is 9.83. The molecule has 0 saturated heterocycles. The molecule has 0 aromatic carbocycles. The fourth-order valence-electron chi connectivity index (χ4n) is 1.60. The van der Waals surface area contributed by atoms with Crippen LogP contribution in [-0.4, -0.2) is 19.1 Å². The third-order valence-electron chi connectivity index (χ3n) is 2.52. The molecule has 1 saturated carbocycles. The van der Waals surface area contributed by atoms with Crippen molar-refractivity contribution in [2.45, 2.75) is 25.8 Å². The molecule has 1 rings (SSSR count). The van der Waals surface area contributed by atoms with Crippen molar-refractivity contribution in [1.29, 1.82) is 0 Å². The van der Waals surface area contributed by atoms with Crippen molar-refractivity contribution in [2.75, 3.05) is 0 Å². The Labute approximate surface area is 63.5 Å². The fourth-order valence-corrected chi connectivity index (χ4v) is 1.60. The topological polar surface area (TPSA) is 20.2 Å². The Morgan fingerprint density at radius 2 is 2.40 bits per heavy atom. The second-order valence-electron chi connectivity index (χ2n) is 3.12. The van der Waals surface area contributed by atoms with Crippen LogP contribution in [0.1, 0.15) is 13.3 Å². The van der Waals surface area contributed by atoms with Crippen LogP contribution in [0.3, 0.4) is 0 Å². The van der Waals surface area contributed by atoms with Crippen LogP contribution in [-0.2, 0) is 0 Å². The fraction of sp³-hybridized carbons (Fsp3) is 0.750. The Balaban J connectivity index is 2.64. The van der Waals surface area contributed by atoms with Crippen molar-refractivity contribution in [3.8, 4) is 0 Å². The Kier molecular flexibility index (Phi) is 2.19. The average molecular weight is 136 g/mol. The molecule has 3 atom stereocenters. The number of aliphatic hydroxyl groups excluding tert-OH is 1. The summed E-state index contributed by atoms with van der Waals surface area (Å²) in [5, 5.41) is 9.39. The summed E-state index contributed by atoms with van der Waals surface area (Å²) in [6, 6.07) is 0. The van der Waals surface area contributed by atoms with E-state index >= 15 is 0 Å². The van der Waals surface area contributed by atoms with Crippen LogP contribution in [0.25, 0.3) is 0 Å². The number of hydrogen-bond acceptors (Lipinski definition) is 1. The molecule has 3 unspecified atom stereocenters. The minimum Gasteiger partial charge on any atom is -0.393 e. The molecule has 2 heteroatoms. The molecule has 0 aromatic heterocycles. The summed E-state index contributed by atoms with van der Waals surface area (Å²) >= 11 is 0. The van der Waals surface area contributed by atoms with Crippen molar-refractivity contribution in [2.24, 2.45) is 11.8 Å². The highest BCUT2D eigenvalue weighted by molar-refractivity contribution is 6.08. The third-order valence-corrected chi connectivity index (χ3v) is 2.52. The maximum absolute atomic E-state index is 9.39. The number of aliphatic hydroxyl groups is 1. The molecule has 0 heterocycles. The van der Waals surface area contributed by atoms with E-state index in [1.165, 1.54) is 0 Å². The summed E-state index contributed by atoms with van der Waals surface area (Å²) in [6.45, 7) is 5.95. The highest BCUT2D eigenvalue weighted by Gasteiger charge is 2.32. The summed E-state index contributed by atoms with van der Waals surface area (Å²) in [5.74, 6) is 0.646. The normalized spacial score (nSPS) is 40.6. The molecule has 0 aromatic rings. The minimum absolute atomic E-state index is 0.243. The molecule has 54 valence electrons. The molecule has 0 spiro atoms. The van der Waals surface area contributed by atoms with Crippen molar-refractivity contribution < 1.29 is 5.11 Å². The van der Waals surface area contributed by atoms with Gasteiger partial charge >= 0.3 is 0 Å². The first-order valence-electron chi connectivity index (χ1n) is 3.72. The summed E-state index contributed by atoms with van der Waals surface area (Å²) in [6.07, 6.45) is 1.07. The molecule has 1 aliphatic rings. The van der Waals surface area contributed by atoms with Crippen molar-refractivity contribution in [1.82, 2.24) is 0 Å². The van der Waals surface area contributed by atoms with Gasteiger partial charge in [0.25, 0.3) is 0 Å². The van der Waals surface area contributed by atoms with E-state index in [-0.39, 0.29) is 12.0 Å². The van der Waals surface area contributed by atoms with Crippen LogP contribution >= 0.6 is 0 Å². The standard InChI is InChI=1S/C8H13BO/c1-5-3-8(10)7(4-9)6(5)2/h6-8,10H,1,3-4H2,2H3. The smallest absolute Gasteiger partial charge is 0.0658 e. The Morgan fingerprint density at radius 3 is 2.60 bits per heavy atom. The zero-order valence-electron chi connectivity index (χ0n) is 6.38. The van der Waals surface area contributed by atoms with Gasteiger partial charge in [0.1, 0.15) is 0 Å². The number of rotatable bonds is 1. The molecule has 0 bridgehead atoms. The second-order valence-corrected chi connectivity index (χ2v) is 3.12. The first-order valence-corrected chi connectivity index (χ1v) is 3.72. The Hall–Kier alpha value is -0.235. The lowest BCUT2D eigenvalue weighted by Gasteiger charge is -2.15. The van der Waals surface area contributed by atoms with Gasteiger partial charge in [0, 0.05) is 0 Å². The summed E-state index contributed by atoms with van der Waals surface area (Å²) in [4.78, 5) is 0. The lowest BCUT2D eigenvalue weighted by molar-refractivity contribution is 0.130. The van der Waals surface area contributed by atoms with Crippen LogP contribution in [0.4, 0.5) is 0 Å². The molecule has 0 amide bonds. The minimum atomic E-state index is -0.243. The highest BCUT2D eigenvalue weighted by atomic mass is 16.3. The highest BCUT2D eigenvalue weighted by Crippen LogP contribution is 2.36. The monoisotopic (exact) mass is 136 g/mol. The van der Waals surface area contributed by atoms with Crippen LogP contribution < -0.4 is 0 Å². The first kappa shape index (κ1) is 7.87. The molecule has 0 aliphatic heterocycles. The molecule has 1 aliphatic carbocycles. The van der Waals surface area contributed by atoms with E-state index in [0.717, 1.165) is 12.0 Å². The zero-order chi connectivity index (χ0) is 7.72. The van der Waals surface area contributed by atoms with E-state index in [2.05, 4.69) is 13.5 Å². The first-order chi connectivity index (χ1) is 4.66. The van der Waals surface area contributed by atoms with Crippen molar-refractivity contribution >= 4 is 7.85 Å². The second kappa shape index (κ2) is 2.79. The van der Waals surface area contributed by atoms with Crippen LogP contribution in [0.15, 0.2) is 12.2 Å². The molecule has 1 fully saturated rings. The van der Waals surface area contributed by atoms with Gasteiger partial charge in [-0.25, -0.2) is 0 Å². The van der Waals surface area contributed by atoms with E-state index in [4.69, 9.17) is 7.85 Å². The number of hydrogen-bond donors (Lipinski definition) is 1. The molecule has 10 heavy (non-hydrogen) atoms. The molecular formula is C8H13BO. The van der Waals surface area contributed by atoms with E-state index in [1.54, 1.807) is 0 Å². The molecule has 2 radical (unpaired) electrons. The van der Waals surface area contributed by atoms with Gasteiger partial charge in [-0.3, -0.25) is 0 Å². The summed E-state index contributed by atoms with van der Waals surface area (Å²) < 4.78 is 0. The maximum atomic E-state index is 9.39. The van der Waals surface area contributed by atoms with E-state index in [9.17, 15) is 5.11 Å². The van der Waals surface area contributed by atoms with Crippen molar-refractivity contribution in [3.63, 3.8) is 0 Å². The van der Waals surface area contributed by atoms with Gasteiger partial charge in [-0.2, -0.15) is 0 Å². The SMILES string of the molecule is [B]CC1C(O)CC(=C)C1C. The molecule has 1 nitrogen and oxygen atoms in total. The van der Waals surface area contributed by atoms with Crippen molar-refractivity contribution in [3.05, 3.63) is 12.2 Å². The lowest BCUT2D eigenvalue weighted by Crippen LogP contribution is -2.16. The van der Waals surface area contributed by atoms with Crippen LogP contribution in [0, 0.1) is 11.8 Å². The third kappa shape index (κ3) is 1.13. The molecule has 1 N–H and O–H groups in total. The van der Waals surface area contributed by atoms with E-state index in [1.807, 2.05) is 0 Å². The Morgan fingerprint density at radius 1 is 1.80 bits per heavy atom. The maximum Gasteiger partial charge on any atom is 0.0658 e. The van der Waals surface area contributed by atoms with Gasteiger partial charge in [0.05, 0.1) is 14.0 Å². The Bertz CT molecular complexity index is 144. The van der Waals surface area contributed by atoms with Gasteiger partial charge < -0.3 is 5.11 Å². The van der Waals surface area contributed by atoms with Gasteiger partial charge in [0.2, 0.25) is 0 Å². The van der Waals surface area contributed by atoms with Gasteiger partial charge in [-0.1, -0.05) is 25.4 Å².